The Morgan fingerprint density at radius 1 is 1.03 bits per heavy atom. The van der Waals surface area contributed by atoms with Crippen molar-refractivity contribution < 1.29 is 24.2 Å². The minimum Gasteiger partial charge on any atom is -0.481 e. The first-order valence-electron chi connectivity index (χ1n) is 12.0. The van der Waals surface area contributed by atoms with E-state index in [1.54, 1.807) is 11.9 Å². The van der Waals surface area contributed by atoms with Crippen molar-refractivity contribution in [1.29, 1.82) is 0 Å². The highest BCUT2D eigenvalue weighted by atomic mass is 16.5. The Balaban J connectivity index is 1.22. The largest absolute Gasteiger partial charge is 0.481 e. The molecule has 0 bridgehead atoms. The number of hydrogen-bond acceptors (Lipinski definition) is 4. The summed E-state index contributed by atoms with van der Waals surface area (Å²) in [6.07, 6.45) is 3.03. The van der Waals surface area contributed by atoms with E-state index in [-0.39, 0.29) is 24.5 Å². The molecule has 0 aromatic heterocycles. The van der Waals surface area contributed by atoms with E-state index in [9.17, 15) is 14.4 Å². The summed E-state index contributed by atoms with van der Waals surface area (Å²) < 4.78 is 5.65. The zero-order valence-electron chi connectivity index (χ0n) is 19.3. The standard InChI is InChI=1S/C27H30N2O5/c1-29(18-13-17(14-18)26(31)32)25(30)24(12-16-10-11-16)28-27(33)34-15-23-21-8-4-2-6-19(21)20-7-3-5-9-22(20)23/h2-9,16-18,23-24H,10-15H2,1H3,(H,28,33)(H,31,32). The maximum atomic E-state index is 13.1. The number of nitrogens with zero attached hydrogens (tertiary/aromatic N) is 1. The quantitative estimate of drug-likeness (QED) is 0.618. The topological polar surface area (TPSA) is 95.9 Å². The minimum atomic E-state index is -0.816. The average Bonchev–Trinajstić information content (AvgIpc) is 3.56. The third kappa shape index (κ3) is 4.39. The number of aliphatic carboxylic acids is 1. The molecule has 34 heavy (non-hydrogen) atoms. The number of benzene rings is 2. The van der Waals surface area contributed by atoms with Crippen LogP contribution in [0.5, 0.6) is 0 Å². The van der Waals surface area contributed by atoms with Crippen LogP contribution in [0.25, 0.3) is 11.1 Å². The van der Waals surface area contributed by atoms with Gasteiger partial charge in [-0.3, -0.25) is 9.59 Å². The van der Waals surface area contributed by atoms with Gasteiger partial charge in [0.15, 0.2) is 0 Å². The molecule has 3 aliphatic rings. The van der Waals surface area contributed by atoms with Crippen LogP contribution in [0.4, 0.5) is 4.79 Å². The predicted octanol–water partition coefficient (Wildman–Crippen LogP) is 4.02. The SMILES string of the molecule is CN(C(=O)C(CC1CC1)NC(=O)OCC1c2ccccc2-c2ccccc21)C1CC(C(=O)O)C1. The number of likely N-dealkylation sites (N-methyl/N-ethyl adjacent to an activating group) is 1. The Hall–Kier alpha value is -3.35. The van der Waals surface area contributed by atoms with Crippen LogP contribution in [0.3, 0.4) is 0 Å². The first kappa shape index (κ1) is 22.4. The Bertz CT molecular complexity index is 1060. The highest BCUT2D eigenvalue weighted by molar-refractivity contribution is 5.86. The normalized spacial score (nSPS) is 21.6. The molecule has 0 saturated heterocycles. The molecule has 3 aliphatic carbocycles. The molecule has 7 nitrogen and oxygen atoms in total. The van der Waals surface area contributed by atoms with E-state index < -0.39 is 24.0 Å². The van der Waals surface area contributed by atoms with Crippen molar-refractivity contribution in [2.45, 2.75) is 50.1 Å². The fraction of sp³-hybridized carbons (Fsp3) is 0.444. The summed E-state index contributed by atoms with van der Waals surface area (Å²) in [5.74, 6) is -0.986. The van der Waals surface area contributed by atoms with E-state index in [0.717, 1.165) is 35.1 Å². The number of amides is 2. The van der Waals surface area contributed by atoms with Crippen molar-refractivity contribution in [1.82, 2.24) is 10.2 Å². The fourth-order valence-electron chi connectivity index (χ4n) is 5.22. The van der Waals surface area contributed by atoms with Gasteiger partial charge in [-0.1, -0.05) is 61.4 Å². The molecule has 2 N–H and O–H groups in total. The summed E-state index contributed by atoms with van der Waals surface area (Å²) in [5, 5.41) is 11.9. The van der Waals surface area contributed by atoms with Crippen molar-refractivity contribution in [3.63, 3.8) is 0 Å². The van der Waals surface area contributed by atoms with Crippen LogP contribution >= 0.6 is 0 Å². The molecular formula is C27H30N2O5. The fourth-order valence-corrected chi connectivity index (χ4v) is 5.22. The van der Waals surface area contributed by atoms with Gasteiger partial charge in [0.1, 0.15) is 12.6 Å². The number of fused-ring (bicyclic) bond motifs is 3. The zero-order valence-corrected chi connectivity index (χ0v) is 19.3. The second-order valence-corrected chi connectivity index (χ2v) is 9.81. The van der Waals surface area contributed by atoms with Crippen molar-refractivity contribution in [2.75, 3.05) is 13.7 Å². The molecule has 2 fully saturated rings. The van der Waals surface area contributed by atoms with Gasteiger partial charge < -0.3 is 20.1 Å². The molecule has 2 saturated carbocycles. The summed E-state index contributed by atoms with van der Waals surface area (Å²) in [4.78, 5) is 38.6. The van der Waals surface area contributed by atoms with Gasteiger partial charge in [-0.25, -0.2) is 4.79 Å². The van der Waals surface area contributed by atoms with Gasteiger partial charge in [-0.15, -0.1) is 0 Å². The second kappa shape index (κ2) is 9.12. The number of alkyl carbamates (subject to hydrolysis) is 1. The lowest BCUT2D eigenvalue weighted by atomic mass is 9.79. The van der Waals surface area contributed by atoms with E-state index in [2.05, 4.69) is 29.6 Å². The third-order valence-corrected chi connectivity index (χ3v) is 7.56. The number of ether oxygens (including phenoxy) is 1. The van der Waals surface area contributed by atoms with E-state index in [4.69, 9.17) is 9.84 Å². The number of nitrogens with one attached hydrogen (secondary N) is 1. The van der Waals surface area contributed by atoms with Crippen LogP contribution in [0, 0.1) is 11.8 Å². The number of carbonyl (C=O) groups excluding carboxylic acids is 2. The Morgan fingerprint density at radius 3 is 2.18 bits per heavy atom. The van der Waals surface area contributed by atoms with E-state index in [1.165, 1.54) is 0 Å². The molecule has 0 radical (unpaired) electrons. The number of hydrogen-bond donors (Lipinski definition) is 2. The highest BCUT2D eigenvalue weighted by Crippen LogP contribution is 2.44. The molecule has 0 aliphatic heterocycles. The molecule has 178 valence electrons. The number of carboxylic acid groups (broad SMARTS) is 1. The molecule has 0 spiro atoms. The lowest BCUT2D eigenvalue weighted by Gasteiger charge is -2.40. The van der Waals surface area contributed by atoms with Gasteiger partial charge in [0.2, 0.25) is 5.91 Å². The average molecular weight is 463 g/mol. The van der Waals surface area contributed by atoms with Gasteiger partial charge >= 0.3 is 12.1 Å². The summed E-state index contributed by atoms with van der Waals surface area (Å²) in [6.45, 7) is 0.197. The first-order valence-corrected chi connectivity index (χ1v) is 12.0. The van der Waals surface area contributed by atoms with Crippen LogP contribution in [0.2, 0.25) is 0 Å². The molecule has 2 amide bonds. The number of rotatable bonds is 8. The van der Waals surface area contributed by atoms with Crippen molar-refractivity contribution in [3.8, 4) is 11.1 Å². The highest BCUT2D eigenvalue weighted by Gasteiger charge is 2.41. The Kier molecular flexibility index (Phi) is 6.02. The summed E-state index contributed by atoms with van der Waals surface area (Å²) in [5.41, 5.74) is 4.60. The van der Waals surface area contributed by atoms with Gasteiger partial charge in [-0.2, -0.15) is 0 Å². The van der Waals surface area contributed by atoms with Crippen LogP contribution in [0.1, 0.15) is 49.1 Å². The summed E-state index contributed by atoms with van der Waals surface area (Å²) >= 11 is 0. The van der Waals surface area contributed by atoms with Crippen molar-refractivity contribution in [3.05, 3.63) is 59.7 Å². The molecular weight excluding hydrogens is 432 g/mol. The van der Waals surface area contributed by atoms with Crippen molar-refractivity contribution in [2.24, 2.45) is 11.8 Å². The lowest BCUT2D eigenvalue weighted by Crippen LogP contribution is -2.54. The smallest absolute Gasteiger partial charge is 0.407 e. The van der Waals surface area contributed by atoms with E-state index in [1.807, 2.05) is 24.3 Å². The zero-order chi connectivity index (χ0) is 23.8. The van der Waals surface area contributed by atoms with Crippen molar-refractivity contribution >= 4 is 18.0 Å². The third-order valence-electron chi connectivity index (χ3n) is 7.56. The monoisotopic (exact) mass is 462 g/mol. The predicted molar refractivity (Wildman–Crippen MR) is 126 cm³/mol. The molecule has 1 atom stereocenters. The minimum absolute atomic E-state index is 0.0404. The van der Waals surface area contributed by atoms with Gasteiger partial charge in [-0.05, 0) is 47.4 Å². The maximum Gasteiger partial charge on any atom is 0.407 e. The number of carbonyl (C=O) groups is 3. The van der Waals surface area contributed by atoms with E-state index in [0.29, 0.717) is 25.2 Å². The van der Waals surface area contributed by atoms with Crippen LogP contribution in [-0.4, -0.2) is 53.7 Å². The first-order chi connectivity index (χ1) is 16.4. The van der Waals surface area contributed by atoms with Crippen LogP contribution in [0.15, 0.2) is 48.5 Å². The maximum absolute atomic E-state index is 13.1. The van der Waals surface area contributed by atoms with E-state index >= 15 is 0 Å². The summed E-state index contributed by atoms with van der Waals surface area (Å²) in [6, 6.07) is 15.6. The van der Waals surface area contributed by atoms with Gasteiger partial charge in [0.05, 0.1) is 5.92 Å². The molecule has 2 aromatic rings. The number of carboxylic acids is 1. The Labute approximate surface area is 199 Å². The second-order valence-electron chi connectivity index (χ2n) is 9.81. The van der Waals surface area contributed by atoms with Gasteiger partial charge in [0.25, 0.3) is 0 Å². The van der Waals surface area contributed by atoms with Gasteiger partial charge in [0, 0.05) is 19.0 Å². The molecule has 2 aromatic carbocycles. The molecule has 1 unspecified atom stereocenters. The van der Waals surface area contributed by atoms with Crippen LogP contribution in [-0.2, 0) is 14.3 Å². The molecule has 7 heteroatoms. The van der Waals surface area contributed by atoms with Crippen LogP contribution < -0.4 is 5.32 Å². The summed E-state index contributed by atoms with van der Waals surface area (Å²) in [7, 11) is 1.70. The Morgan fingerprint density at radius 2 is 1.62 bits per heavy atom. The molecule has 0 heterocycles. The molecule has 5 rings (SSSR count). The lowest BCUT2D eigenvalue weighted by molar-refractivity contribution is -0.150.